The van der Waals surface area contributed by atoms with Crippen molar-refractivity contribution >= 4 is 0 Å². The van der Waals surface area contributed by atoms with E-state index in [2.05, 4.69) is 5.32 Å². The fourth-order valence-electron chi connectivity index (χ4n) is 2.45. The van der Waals surface area contributed by atoms with Crippen LogP contribution in [0.4, 0.5) is 8.78 Å². The minimum Gasteiger partial charge on any atom is -0.508 e. The number of rotatable bonds is 4. The Balaban J connectivity index is 2.25. The number of phenols is 2. The number of halogens is 2. The molecule has 0 saturated carbocycles. The average molecular weight is 272 g/mol. The summed E-state index contributed by atoms with van der Waals surface area (Å²) < 4.78 is 25.5. The zero-order valence-corrected chi connectivity index (χ0v) is 10.5. The van der Waals surface area contributed by atoms with Crippen LogP contribution in [0.5, 0.6) is 11.5 Å². The van der Waals surface area contributed by atoms with Crippen LogP contribution in [0.1, 0.15) is 18.0 Å². The van der Waals surface area contributed by atoms with Crippen molar-refractivity contribution in [2.75, 3.05) is 26.2 Å². The van der Waals surface area contributed by atoms with Gasteiger partial charge in [-0.3, -0.25) is 4.90 Å². The molecule has 4 nitrogen and oxygen atoms in total. The van der Waals surface area contributed by atoms with Crippen molar-refractivity contribution < 1.29 is 19.0 Å². The molecule has 0 aromatic heterocycles. The minimum absolute atomic E-state index is 0.0719. The molecule has 19 heavy (non-hydrogen) atoms. The molecule has 1 atom stereocenters. The van der Waals surface area contributed by atoms with Crippen LogP contribution in [0.3, 0.4) is 0 Å². The highest BCUT2D eigenvalue weighted by Crippen LogP contribution is 2.35. The van der Waals surface area contributed by atoms with Gasteiger partial charge in [-0.1, -0.05) is 6.07 Å². The first-order chi connectivity index (χ1) is 9.08. The first-order valence-corrected chi connectivity index (χ1v) is 6.32. The molecule has 1 aliphatic heterocycles. The summed E-state index contributed by atoms with van der Waals surface area (Å²) in [5, 5.41) is 22.3. The van der Waals surface area contributed by atoms with E-state index in [1.165, 1.54) is 18.2 Å². The molecule has 0 bridgehead atoms. The predicted octanol–water partition coefficient (Wildman–Crippen LogP) is 1.70. The van der Waals surface area contributed by atoms with Gasteiger partial charge in [0.15, 0.2) is 0 Å². The van der Waals surface area contributed by atoms with E-state index in [0.29, 0.717) is 18.7 Å². The molecule has 1 saturated heterocycles. The number of piperazine rings is 1. The van der Waals surface area contributed by atoms with Gasteiger partial charge in [-0.05, 0) is 6.07 Å². The number of phenolic OH excluding ortho intramolecular Hbond substituents is 2. The topological polar surface area (TPSA) is 55.7 Å². The maximum Gasteiger partial charge on any atom is 0.240 e. The van der Waals surface area contributed by atoms with Crippen LogP contribution >= 0.6 is 0 Å². The summed E-state index contributed by atoms with van der Waals surface area (Å²) in [5.74, 6) is -0.207. The van der Waals surface area contributed by atoms with Gasteiger partial charge >= 0.3 is 0 Å². The third-order valence-corrected chi connectivity index (χ3v) is 3.37. The molecule has 2 rings (SSSR count). The van der Waals surface area contributed by atoms with Crippen LogP contribution in [0, 0.1) is 0 Å². The molecule has 1 heterocycles. The van der Waals surface area contributed by atoms with Crippen molar-refractivity contribution in [3.8, 4) is 11.5 Å². The van der Waals surface area contributed by atoms with Crippen LogP contribution in [0.15, 0.2) is 18.2 Å². The number of hydrogen-bond acceptors (Lipinski definition) is 4. The summed E-state index contributed by atoms with van der Waals surface area (Å²) in [7, 11) is 0. The number of nitrogens with zero attached hydrogens (tertiary/aromatic N) is 1. The highest BCUT2D eigenvalue weighted by atomic mass is 19.3. The molecule has 1 fully saturated rings. The van der Waals surface area contributed by atoms with Gasteiger partial charge in [0.2, 0.25) is 6.43 Å². The van der Waals surface area contributed by atoms with E-state index in [9.17, 15) is 19.0 Å². The highest BCUT2D eigenvalue weighted by molar-refractivity contribution is 5.41. The Bertz CT molecular complexity index is 423. The van der Waals surface area contributed by atoms with E-state index >= 15 is 0 Å². The fraction of sp³-hybridized carbons (Fsp3) is 0.538. The zero-order valence-electron chi connectivity index (χ0n) is 10.5. The molecule has 3 N–H and O–H groups in total. The summed E-state index contributed by atoms with van der Waals surface area (Å²) in [5.41, 5.74) is 0.444. The van der Waals surface area contributed by atoms with Crippen LogP contribution in [-0.4, -0.2) is 47.7 Å². The minimum atomic E-state index is -2.44. The van der Waals surface area contributed by atoms with Gasteiger partial charge in [0.05, 0.1) is 0 Å². The molecular formula is C13H18F2N2O2. The number of benzene rings is 1. The lowest BCUT2D eigenvalue weighted by molar-refractivity contribution is 0.0729. The van der Waals surface area contributed by atoms with Crippen LogP contribution in [0.2, 0.25) is 0 Å². The molecule has 1 aromatic carbocycles. The Morgan fingerprint density at radius 3 is 2.47 bits per heavy atom. The summed E-state index contributed by atoms with van der Waals surface area (Å²) in [6.45, 7) is 2.83. The monoisotopic (exact) mass is 272 g/mol. The largest absolute Gasteiger partial charge is 0.508 e. The quantitative estimate of drug-likeness (QED) is 0.781. The van der Waals surface area contributed by atoms with Crippen molar-refractivity contribution in [1.82, 2.24) is 10.2 Å². The predicted molar refractivity (Wildman–Crippen MR) is 67.6 cm³/mol. The Morgan fingerprint density at radius 1 is 1.21 bits per heavy atom. The maximum absolute atomic E-state index is 12.8. The third kappa shape index (κ3) is 3.54. The van der Waals surface area contributed by atoms with Gasteiger partial charge in [-0.15, -0.1) is 0 Å². The van der Waals surface area contributed by atoms with Gasteiger partial charge in [-0.25, -0.2) is 8.78 Å². The molecule has 0 unspecified atom stereocenters. The smallest absolute Gasteiger partial charge is 0.240 e. The van der Waals surface area contributed by atoms with Crippen LogP contribution in [0.25, 0.3) is 0 Å². The van der Waals surface area contributed by atoms with E-state index in [-0.39, 0.29) is 17.9 Å². The van der Waals surface area contributed by atoms with Crippen molar-refractivity contribution in [2.24, 2.45) is 0 Å². The molecular weight excluding hydrogens is 254 g/mol. The molecule has 106 valence electrons. The molecule has 0 amide bonds. The zero-order chi connectivity index (χ0) is 13.8. The lowest BCUT2D eigenvalue weighted by atomic mass is 10.00. The van der Waals surface area contributed by atoms with E-state index < -0.39 is 12.5 Å². The number of hydrogen-bond donors (Lipinski definition) is 3. The molecule has 0 aliphatic carbocycles. The molecule has 1 aromatic rings. The lowest BCUT2D eigenvalue weighted by Gasteiger charge is -2.35. The Kier molecular flexibility index (Phi) is 4.55. The standard InChI is InChI=1S/C13H18F2N2O2/c14-13(15)8-11(17-5-3-16-4-6-17)10-2-1-9(18)7-12(10)19/h1-2,7,11,13,16,18-19H,3-6,8H2/t11-/m0/s1. The van der Waals surface area contributed by atoms with Gasteiger partial charge in [0.1, 0.15) is 11.5 Å². The van der Waals surface area contributed by atoms with E-state index in [0.717, 1.165) is 13.1 Å². The molecule has 0 radical (unpaired) electrons. The summed E-state index contributed by atoms with van der Waals surface area (Å²) >= 11 is 0. The Labute approximate surface area is 110 Å². The van der Waals surface area contributed by atoms with Gasteiger partial charge in [0.25, 0.3) is 0 Å². The van der Waals surface area contributed by atoms with Crippen LogP contribution in [-0.2, 0) is 0 Å². The van der Waals surface area contributed by atoms with Crippen molar-refractivity contribution in [3.63, 3.8) is 0 Å². The molecule has 0 spiro atoms. The second kappa shape index (κ2) is 6.16. The van der Waals surface area contributed by atoms with E-state index in [4.69, 9.17) is 0 Å². The first-order valence-electron chi connectivity index (χ1n) is 6.32. The van der Waals surface area contributed by atoms with Gasteiger partial charge in [-0.2, -0.15) is 0 Å². The average Bonchev–Trinajstić information content (AvgIpc) is 2.37. The van der Waals surface area contributed by atoms with Crippen molar-refractivity contribution in [3.05, 3.63) is 23.8 Å². The summed E-state index contributed by atoms with van der Waals surface area (Å²) in [6.07, 6.45) is -2.76. The Hall–Kier alpha value is -1.40. The summed E-state index contributed by atoms with van der Waals surface area (Å²) in [4.78, 5) is 1.94. The second-order valence-corrected chi connectivity index (χ2v) is 4.67. The first kappa shape index (κ1) is 14.0. The molecule has 1 aliphatic rings. The van der Waals surface area contributed by atoms with Gasteiger partial charge in [0, 0.05) is 50.3 Å². The lowest BCUT2D eigenvalue weighted by Crippen LogP contribution is -2.45. The molecule has 6 heteroatoms. The van der Waals surface area contributed by atoms with E-state index in [1.54, 1.807) is 0 Å². The second-order valence-electron chi connectivity index (χ2n) is 4.67. The van der Waals surface area contributed by atoms with Crippen molar-refractivity contribution in [1.29, 1.82) is 0 Å². The summed E-state index contributed by atoms with van der Waals surface area (Å²) in [6, 6.07) is 3.59. The SMILES string of the molecule is Oc1ccc([C@H](CC(F)F)N2CCNCC2)c(O)c1. The number of aromatic hydroxyl groups is 2. The Morgan fingerprint density at radius 2 is 1.89 bits per heavy atom. The highest BCUT2D eigenvalue weighted by Gasteiger charge is 2.27. The number of nitrogens with one attached hydrogen (secondary N) is 1. The number of alkyl halides is 2. The van der Waals surface area contributed by atoms with Gasteiger partial charge < -0.3 is 15.5 Å². The maximum atomic E-state index is 12.8. The van der Waals surface area contributed by atoms with Crippen molar-refractivity contribution in [2.45, 2.75) is 18.9 Å². The third-order valence-electron chi connectivity index (χ3n) is 3.37. The van der Waals surface area contributed by atoms with Crippen LogP contribution < -0.4 is 5.32 Å². The normalized spacial score (nSPS) is 18.7. The van der Waals surface area contributed by atoms with E-state index in [1.807, 2.05) is 4.90 Å². The fourth-order valence-corrected chi connectivity index (χ4v) is 2.45.